The molecule has 1 N–H and O–H groups in total. The van der Waals surface area contributed by atoms with Crippen LogP contribution in [0.2, 0.25) is 0 Å². The van der Waals surface area contributed by atoms with Crippen molar-refractivity contribution >= 4 is 5.97 Å². The molecule has 0 aliphatic rings. The molecule has 4 nitrogen and oxygen atoms in total. The molecular weight excluding hydrogens is 299 g/mol. The van der Waals surface area contributed by atoms with Gasteiger partial charge in [-0.2, -0.15) is 13.2 Å². The molecule has 22 heavy (non-hydrogen) atoms. The topological polar surface area (TPSA) is 59.4 Å². The van der Waals surface area contributed by atoms with Crippen molar-refractivity contribution in [2.45, 2.75) is 13.1 Å². The SMILES string of the molecule is COC(=O)c1nc(-c2cc(O)cc(C(F)(F)F)c2)ccc1C. The van der Waals surface area contributed by atoms with E-state index < -0.39 is 23.5 Å². The summed E-state index contributed by atoms with van der Waals surface area (Å²) in [6.45, 7) is 1.63. The fraction of sp³-hybridized carbons (Fsp3) is 0.200. The van der Waals surface area contributed by atoms with Crippen LogP contribution in [0.5, 0.6) is 5.75 Å². The number of pyridine rings is 1. The Hall–Kier alpha value is -2.57. The molecule has 1 aromatic heterocycles. The van der Waals surface area contributed by atoms with Gasteiger partial charge in [0, 0.05) is 5.56 Å². The Bertz CT molecular complexity index is 726. The Kier molecular flexibility index (Phi) is 4.07. The molecule has 0 saturated carbocycles. The second kappa shape index (κ2) is 5.67. The highest BCUT2D eigenvalue weighted by molar-refractivity contribution is 5.89. The van der Waals surface area contributed by atoms with Crippen molar-refractivity contribution in [1.82, 2.24) is 4.98 Å². The van der Waals surface area contributed by atoms with Crippen LogP contribution < -0.4 is 0 Å². The highest BCUT2D eigenvalue weighted by atomic mass is 19.4. The third kappa shape index (κ3) is 3.19. The lowest BCUT2D eigenvalue weighted by Gasteiger charge is -2.11. The van der Waals surface area contributed by atoms with Crippen LogP contribution in [0.25, 0.3) is 11.3 Å². The maximum Gasteiger partial charge on any atom is 0.416 e. The van der Waals surface area contributed by atoms with E-state index in [2.05, 4.69) is 9.72 Å². The highest BCUT2D eigenvalue weighted by Crippen LogP contribution is 2.35. The fourth-order valence-corrected chi connectivity index (χ4v) is 1.92. The number of ether oxygens (including phenoxy) is 1. The molecule has 0 radical (unpaired) electrons. The summed E-state index contributed by atoms with van der Waals surface area (Å²) in [5.74, 6) is -1.22. The first-order chi connectivity index (χ1) is 10.2. The molecule has 0 bridgehead atoms. The van der Waals surface area contributed by atoms with Crippen molar-refractivity contribution in [2.75, 3.05) is 7.11 Å². The van der Waals surface area contributed by atoms with E-state index in [0.717, 1.165) is 12.1 Å². The number of alkyl halides is 3. The van der Waals surface area contributed by atoms with Crippen LogP contribution in [0.1, 0.15) is 21.6 Å². The van der Waals surface area contributed by atoms with Crippen LogP contribution in [-0.4, -0.2) is 23.2 Å². The summed E-state index contributed by atoms with van der Waals surface area (Å²) in [6.07, 6.45) is -4.59. The number of hydrogen-bond acceptors (Lipinski definition) is 4. The molecule has 2 aromatic rings. The Morgan fingerprint density at radius 1 is 1.23 bits per heavy atom. The number of aromatic hydroxyl groups is 1. The Balaban J connectivity index is 2.57. The molecule has 0 amide bonds. The molecule has 116 valence electrons. The first-order valence-electron chi connectivity index (χ1n) is 6.20. The molecule has 0 spiro atoms. The van der Waals surface area contributed by atoms with Gasteiger partial charge >= 0.3 is 12.1 Å². The van der Waals surface area contributed by atoms with Gasteiger partial charge in [0.2, 0.25) is 0 Å². The first-order valence-corrected chi connectivity index (χ1v) is 6.20. The van der Waals surface area contributed by atoms with Gasteiger partial charge in [-0.3, -0.25) is 0 Å². The summed E-state index contributed by atoms with van der Waals surface area (Å²) >= 11 is 0. The van der Waals surface area contributed by atoms with Crippen molar-refractivity contribution in [1.29, 1.82) is 0 Å². The largest absolute Gasteiger partial charge is 0.508 e. The molecule has 1 heterocycles. The van der Waals surface area contributed by atoms with Crippen LogP contribution in [0.4, 0.5) is 13.2 Å². The zero-order chi connectivity index (χ0) is 16.5. The highest BCUT2D eigenvalue weighted by Gasteiger charge is 2.31. The summed E-state index contributed by atoms with van der Waals surface area (Å²) < 4.78 is 42.9. The number of nitrogens with zero attached hydrogens (tertiary/aromatic N) is 1. The van der Waals surface area contributed by atoms with Gasteiger partial charge < -0.3 is 9.84 Å². The quantitative estimate of drug-likeness (QED) is 0.861. The van der Waals surface area contributed by atoms with Crippen LogP contribution >= 0.6 is 0 Å². The second-order valence-corrected chi connectivity index (χ2v) is 4.62. The molecule has 0 unspecified atom stereocenters. The van der Waals surface area contributed by atoms with Gasteiger partial charge in [0.15, 0.2) is 5.69 Å². The average Bonchev–Trinajstić information content (AvgIpc) is 2.45. The predicted octanol–water partition coefficient (Wildman–Crippen LogP) is 3.57. The Morgan fingerprint density at radius 2 is 1.91 bits per heavy atom. The molecule has 0 saturated heterocycles. The number of aromatic nitrogens is 1. The van der Waals surface area contributed by atoms with E-state index in [4.69, 9.17) is 0 Å². The average molecular weight is 311 g/mol. The number of benzene rings is 1. The van der Waals surface area contributed by atoms with Crippen molar-refractivity contribution in [3.05, 3.63) is 47.2 Å². The molecule has 0 aliphatic carbocycles. The summed E-state index contributed by atoms with van der Waals surface area (Å²) in [5, 5.41) is 9.48. The van der Waals surface area contributed by atoms with E-state index in [-0.39, 0.29) is 17.0 Å². The van der Waals surface area contributed by atoms with E-state index in [1.54, 1.807) is 13.0 Å². The summed E-state index contributed by atoms with van der Waals surface area (Å²) in [4.78, 5) is 15.6. The van der Waals surface area contributed by atoms with E-state index >= 15 is 0 Å². The van der Waals surface area contributed by atoms with Crippen LogP contribution in [0.15, 0.2) is 30.3 Å². The number of halogens is 3. The van der Waals surface area contributed by atoms with E-state index in [1.165, 1.54) is 13.2 Å². The van der Waals surface area contributed by atoms with Crippen molar-refractivity contribution in [2.24, 2.45) is 0 Å². The lowest BCUT2D eigenvalue weighted by Crippen LogP contribution is -2.08. The standard InChI is InChI=1S/C15H12F3NO3/c1-8-3-4-12(19-13(8)14(21)22-2)9-5-10(15(16,17)18)7-11(20)6-9/h3-7,20H,1-2H3. The number of phenolic OH excluding ortho intramolecular Hbond substituents is 1. The van der Waals surface area contributed by atoms with Crippen molar-refractivity contribution in [3.63, 3.8) is 0 Å². The monoisotopic (exact) mass is 311 g/mol. The van der Waals surface area contributed by atoms with Crippen LogP contribution in [-0.2, 0) is 10.9 Å². The van der Waals surface area contributed by atoms with Gasteiger partial charge in [0.05, 0.1) is 18.4 Å². The normalized spacial score (nSPS) is 11.3. The number of carbonyl (C=O) groups is 1. The lowest BCUT2D eigenvalue weighted by atomic mass is 10.0. The molecule has 7 heteroatoms. The van der Waals surface area contributed by atoms with Gasteiger partial charge in [-0.25, -0.2) is 9.78 Å². The predicted molar refractivity (Wildman–Crippen MR) is 72.4 cm³/mol. The summed E-state index contributed by atoms with van der Waals surface area (Å²) in [7, 11) is 1.19. The van der Waals surface area contributed by atoms with Gasteiger partial charge in [-0.15, -0.1) is 0 Å². The molecule has 0 fully saturated rings. The second-order valence-electron chi connectivity index (χ2n) is 4.62. The number of rotatable bonds is 2. The number of carbonyl (C=O) groups excluding carboxylic acids is 1. The van der Waals surface area contributed by atoms with E-state index in [0.29, 0.717) is 11.6 Å². The maximum absolute atomic E-state index is 12.8. The van der Waals surface area contributed by atoms with Crippen LogP contribution in [0.3, 0.4) is 0 Å². The minimum absolute atomic E-state index is 0.0110. The first kappa shape index (κ1) is 15.8. The Labute approximate surface area is 124 Å². The van der Waals surface area contributed by atoms with Crippen molar-refractivity contribution in [3.8, 4) is 17.0 Å². The number of methoxy groups -OCH3 is 1. The smallest absolute Gasteiger partial charge is 0.416 e. The summed E-state index contributed by atoms with van der Waals surface area (Å²) in [6, 6.07) is 5.65. The summed E-state index contributed by atoms with van der Waals surface area (Å²) in [5.41, 5.74) is -0.266. The zero-order valence-electron chi connectivity index (χ0n) is 11.7. The lowest BCUT2D eigenvalue weighted by molar-refractivity contribution is -0.137. The van der Waals surface area contributed by atoms with Crippen LogP contribution in [0, 0.1) is 6.92 Å². The van der Waals surface area contributed by atoms with E-state index in [9.17, 15) is 23.1 Å². The third-order valence-corrected chi connectivity index (χ3v) is 3.02. The molecule has 0 aliphatic heterocycles. The number of phenols is 1. The number of esters is 1. The number of aryl methyl sites for hydroxylation is 1. The minimum atomic E-state index is -4.59. The van der Waals surface area contributed by atoms with Crippen molar-refractivity contribution < 1.29 is 27.8 Å². The zero-order valence-corrected chi connectivity index (χ0v) is 11.7. The fourth-order valence-electron chi connectivity index (χ4n) is 1.92. The molecule has 1 aromatic carbocycles. The van der Waals surface area contributed by atoms with Gasteiger partial charge in [0.25, 0.3) is 0 Å². The van der Waals surface area contributed by atoms with Gasteiger partial charge in [-0.05, 0) is 36.8 Å². The third-order valence-electron chi connectivity index (χ3n) is 3.02. The Morgan fingerprint density at radius 3 is 2.50 bits per heavy atom. The molecule has 0 atom stereocenters. The minimum Gasteiger partial charge on any atom is -0.508 e. The number of hydrogen-bond donors (Lipinski definition) is 1. The molecule has 2 rings (SSSR count). The maximum atomic E-state index is 12.8. The van der Waals surface area contributed by atoms with Gasteiger partial charge in [0.1, 0.15) is 5.75 Å². The van der Waals surface area contributed by atoms with E-state index in [1.807, 2.05) is 0 Å². The van der Waals surface area contributed by atoms with Gasteiger partial charge in [-0.1, -0.05) is 6.07 Å². The molecular formula is C15H12F3NO3.